The number of hydrogen-bond acceptors (Lipinski definition) is 4. The van der Waals surface area contributed by atoms with E-state index in [1.165, 1.54) is 23.3 Å². The van der Waals surface area contributed by atoms with E-state index >= 15 is 0 Å². The number of halogens is 1. The number of ether oxygens (including phenoxy) is 1. The molecule has 5 rings (SSSR count). The van der Waals surface area contributed by atoms with Gasteiger partial charge >= 0.3 is 0 Å². The highest BCUT2D eigenvalue weighted by molar-refractivity contribution is 5.55. The van der Waals surface area contributed by atoms with Gasteiger partial charge in [-0.15, -0.1) is 0 Å². The third kappa shape index (κ3) is 3.27. The lowest BCUT2D eigenvalue weighted by molar-refractivity contribution is 0.413. The van der Waals surface area contributed by atoms with Crippen LogP contribution in [0.2, 0.25) is 0 Å². The molecule has 3 aromatic rings. The molecule has 1 unspecified atom stereocenters. The van der Waals surface area contributed by atoms with Crippen molar-refractivity contribution >= 4 is 5.82 Å². The summed E-state index contributed by atoms with van der Waals surface area (Å²) < 4.78 is 19.0. The van der Waals surface area contributed by atoms with Crippen LogP contribution < -0.4 is 9.64 Å². The first kappa shape index (κ1) is 20.0. The quantitative estimate of drug-likeness (QED) is 0.566. The van der Waals surface area contributed by atoms with E-state index in [4.69, 9.17) is 14.7 Å². The summed E-state index contributed by atoms with van der Waals surface area (Å²) in [5.41, 5.74) is 5.71. The number of rotatable bonds is 4. The number of aromatic nitrogens is 2. The van der Waals surface area contributed by atoms with Crippen LogP contribution in [0.4, 0.5) is 10.2 Å². The van der Waals surface area contributed by atoms with Gasteiger partial charge in [-0.1, -0.05) is 18.2 Å². The van der Waals surface area contributed by atoms with Gasteiger partial charge in [0.25, 0.3) is 0 Å². The maximum absolute atomic E-state index is 13.5. The van der Waals surface area contributed by atoms with E-state index in [9.17, 15) is 4.39 Å². The van der Waals surface area contributed by atoms with Crippen LogP contribution in [0.25, 0.3) is 0 Å². The molecule has 4 nitrogen and oxygen atoms in total. The van der Waals surface area contributed by atoms with E-state index in [1.807, 2.05) is 18.2 Å². The van der Waals surface area contributed by atoms with Gasteiger partial charge in [-0.05, 0) is 81.0 Å². The summed E-state index contributed by atoms with van der Waals surface area (Å²) in [4.78, 5) is 12.5. The van der Waals surface area contributed by atoms with E-state index in [2.05, 4.69) is 37.8 Å². The molecule has 0 radical (unpaired) electrons. The number of anilines is 1. The van der Waals surface area contributed by atoms with Gasteiger partial charge in [-0.25, -0.2) is 14.4 Å². The van der Waals surface area contributed by atoms with E-state index in [-0.39, 0.29) is 17.3 Å². The molecule has 31 heavy (non-hydrogen) atoms. The second-order valence-electron chi connectivity index (χ2n) is 8.85. The summed E-state index contributed by atoms with van der Waals surface area (Å²) in [7, 11) is 1.71. The summed E-state index contributed by atoms with van der Waals surface area (Å²) in [6.07, 6.45) is 2.97. The van der Waals surface area contributed by atoms with Crippen LogP contribution in [0.15, 0.2) is 42.5 Å². The Balaban J connectivity index is 1.56. The molecule has 1 fully saturated rings. The van der Waals surface area contributed by atoms with Crippen LogP contribution in [0, 0.1) is 19.7 Å². The van der Waals surface area contributed by atoms with Crippen LogP contribution in [-0.4, -0.2) is 23.6 Å². The van der Waals surface area contributed by atoms with Crippen molar-refractivity contribution in [1.82, 2.24) is 9.97 Å². The third-order valence-electron chi connectivity index (χ3n) is 7.10. The van der Waals surface area contributed by atoms with Crippen LogP contribution in [0.3, 0.4) is 0 Å². The molecule has 1 aliphatic heterocycles. The fourth-order valence-corrected chi connectivity index (χ4v) is 4.85. The van der Waals surface area contributed by atoms with Crippen LogP contribution in [0.1, 0.15) is 59.6 Å². The molecule has 5 heteroatoms. The van der Waals surface area contributed by atoms with Gasteiger partial charge in [0.05, 0.1) is 18.6 Å². The molecule has 0 amide bonds. The Morgan fingerprint density at radius 1 is 1.06 bits per heavy atom. The Morgan fingerprint density at radius 3 is 2.48 bits per heavy atom. The van der Waals surface area contributed by atoms with Crippen molar-refractivity contribution in [1.29, 1.82) is 0 Å². The van der Waals surface area contributed by atoms with Crippen LogP contribution in [-0.2, 0) is 11.8 Å². The van der Waals surface area contributed by atoms with Crippen molar-refractivity contribution in [3.63, 3.8) is 0 Å². The first-order chi connectivity index (χ1) is 14.9. The van der Waals surface area contributed by atoms with Gasteiger partial charge in [0.2, 0.25) is 0 Å². The summed E-state index contributed by atoms with van der Waals surface area (Å²) in [6, 6.07) is 13.4. The van der Waals surface area contributed by atoms with Crippen molar-refractivity contribution in [2.75, 3.05) is 18.6 Å². The highest BCUT2D eigenvalue weighted by Crippen LogP contribution is 2.53. The van der Waals surface area contributed by atoms with Gasteiger partial charge in [-0.3, -0.25) is 0 Å². The molecule has 1 atom stereocenters. The van der Waals surface area contributed by atoms with Gasteiger partial charge in [0.15, 0.2) is 0 Å². The lowest BCUT2D eigenvalue weighted by Crippen LogP contribution is -2.36. The van der Waals surface area contributed by atoms with Gasteiger partial charge in [-0.2, -0.15) is 0 Å². The van der Waals surface area contributed by atoms with Gasteiger partial charge < -0.3 is 9.64 Å². The van der Waals surface area contributed by atoms with Gasteiger partial charge in [0, 0.05) is 17.8 Å². The third-order valence-corrected chi connectivity index (χ3v) is 7.10. The number of nitrogens with zero attached hydrogens (tertiary/aromatic N) is 3. The lowest BCUT2D eigenvalue weighted by atomic mass is 9.92. The molecule has 2 aliphatic rings. The minimum absolute atomic E-state index is 0.193. The topological polar surface area (TPSA) is 38.2 Å². The molecule has 2 heterocycles. The Labute approximate surface area is 183 Å². The minimum atomic E-state index is -0.211. The maximum Gasteiger partial charge on any atom is 0.141 e. The molecule has 1 saturated carbocycles. The van der Waals surface area contributed by atoms with Crippen molar-refractivity contribution in [3.05, 3.63) is 82.1 Å². The smallest absolute Gasteiger partial charge is 0.141 e. The number of methoxy groups -OCH3 is 1. The highest BCUT2D eigenvalue weighted by Gasteiger charge is 2.49. The van der Waals surface area contributed by atoms with E-state index in [0.29, 0.717) is 0 Å². The fourth-order valence-electron chi connectivity index (χ4n) is 4.85. The molecular weight excluding hydrogens is 389 g/mol. The largest absolute Gasteiger partial charge is 0.497 e. The van der Waals surface area contributed by atoms with Crippen LogP contribution in [0.5, 0.6) is 5.75 Å². The molecule has 1 aromatic heterocycles. The molecule has 1 aliphatic carbocycles. The number of aryl methyl sites for hydroxylation is 1. The first-order valence-corrected chi connectivity index (χ1v) is 11.0. The van der Waals surface area contributed by atoms with Crippen molar-refractivity contribution in [2.24, 2.45) is 0 Å². The Hall–Kier alpha value is -2.95. The minimum Gasteiger partial charge on any atom is -0.497 e. The lowest BCUT2D eigenvalue weighted by Gasteiger charge is -2.37. The Morgan fingerprint density at radius 2 is 1.81 bits per heavy atom. The zero-order valence-electron chi connectivity index (χ0n) is 18.6. The molecule has 160 valence electrons. The van der Waals surface area contributed by atoms with Gasteiger partial charge in [0.1, 0.15) is 23.2 Å². The zero-order chi connectivity index (χ0) is 21.8. The average Bonchev–Trinajstić information content (AvgIpc) is 3.58. The monoisotopic (exact) mass is 417 g/mol. The SMILES string of the molecule is COc1ccc2c(c1)C(C)N(c1nc(C3(c4ccc(F)cc4)CC3)nc(C)c1C)CC2. The number of hydrogen-bond donors (Lipinski definition) is 0. The maximum atomic E-state index is 13.5. The zero-order valence-corrected chi connectivity index (χ0v) is 18.6. The predicted molar refractivity (Wildman–Crippen MR) is 120 cm³/mol. The number of fused-ring (bicyclic) bond motifs is 1. The number of benzene rings is 2. The Kier molecular flexibility index (Phi) is 4.72. The molecule has 0 N–H and O–H groups in total. The molecule has 0 saturated heterocycles. The molecule has 2 aromatic carbocycles. The van der Waals surface area contributed by atoms with E-state index in [1.54, 1.807) is 7.11 Å². The highest BCUT2D eigenvalue weighted by atomic mass is 19.1. The summed E-state index contributed by atoms with van der Waals surface area (Å²) in [5.74, 6) is 2.55. The van der Waals surface area contributed by atoms with E-state index < -0.39 is 0 Å². The average molecular weight is 418 g/mol. The summed E-state index contributed by atoms with van der Waals surface area (Å²) >= 11 is 0. The van der Waals surface area contributed by atoms with Crippen LogP contribution >= 0.6 is 0 Å². The van der Waals surface area contributed by atoms with E-state index in [0.717, 1.165) is 60.0 Å². The Bertz CT molecular complexity index is 1140. The fraction of sp³-hybridized carbons (Fsp3) is 0.385. The standard InChI is InChI=1S/C26H28FN3O/c1-16-17(2)28-25(26(12-13-26)20-6-8-21(27)9-7-20)29-24(16)30-14-11-19-5-10-22(31-4)15-23(19)18(30)3/h5-10,15,18H,11-14H2,1-4H3. The molecule has 0 spiro atoms. The first-order valence-electron chi connectivity index (χ1n) is 11.0. The summed E-state index contributed by atoms with van der Waals surface area (Å²) in [6.45, 7) is 7.33. The second-order valence-corrected chi connectivity index (χ2v) is 8.85. The second kappa shape index (κ2) is 7.33. The predicted octanol–water partition coefficient (Wildman–Crippen LogP) is 5.44. The van der Waals surface area contributed by atoms with Crippen molar-refractivity contribution in [2.45, 2.75) is 51.5 Å². The molecule has 0 bridgehead atoms. The summed E-state index contributed by atoms with van der Waals surface area (Å²) in [5, 5.41) is 0. The van der Waals surface area contributed by atoms with Crippen molar-refractivity contribution in [3.8, 4) is 5.75 Å². The molecular formula is C26H28FN3O. The normalized spacial score (nSPS) is 19.1. The van der Waals surface area contributed by atoms with Crippen molar-refractivity contribution < 1.29 is 9.13 Å².